The highest BCUT2D eigenvalue weighted by molar-refractivity contribution is 5.93. The molecule has 1 spiro atoms. The van der Waals surface area contributed by atoms with Crippen LogP contribution in [0.25, 0.3) is 10.9 Å². The van der Waals surface area contributed by atoms with E-state index in [0.29, 0.717) is 26.2 Å². The number of carbonyl (C=O) groups is 2. The van der Waals surface area contributed by atoms with E-state index in [1.54, 1.807) is 7.11 Å². The van der Waals surface area contributed by atoms with Gasteiger partial charge >= 0.3 is 0 Å². The molecule has 158 valence electrons. The van der Waals surface area contributed by atoms with Crippen molar-refractivity contribution in [1.29, 1.82) is 0 Å². The third-order valence-corrected chi connectivity index (χ3v) is 6.63. The second-order valence-corrected chi connectivity index (χ2v) is 8.41. The quantitative estimate of drug-likeness (QED) is 0.513. The van der Waals surface area contributed by atoms with Crippen LogP contribution in [0, 0.1) is 11.8 Å². The molecule has 1 aromatic heterocycles. The summed E-state index contributed by atoms with van der Waals surface area (Å²) in [6.45, 7) is 2.26. The van der Waals surface area contributed by atoms with Gasteiger partial charge in [-0.2, -0.15) is 0 Å². The SMILES string of the molecule is COCCCNC(=O)[C@@H]1[C@H]2C=C[C@@]3(CN(CCc4c[nH]c5ccccc45)C(=O)[C@@H]13)O2. The van der Waals surface area contributed by atoms with Crippen LogP contribution < -0.4 is 5.32 Å². The second kappa shape index (κ2) is 7.56. The number of para-hydroxylation sites is 1. The molecule has 2 saturated heterocycles. The zero-order valence-electron chi connectivity index (χ0n) is 17.1. The van der Waals surface area contributed by atoms with Crippen molar-refractivity contribution in [1.82, 2.24) is 15.2 Å². The van der Waals surface area contributed by atoms with Crippen LogP contribution in [-0.4, -0.2) is 66.8 Å². The summed E-state index contributed by atoms with van der Waals surface area (Å²) in [7, 11) is 1.64. The molecule has 30 heavy (non-hydrogen) atoms. The number of hydrogen-bond acceptors (Lipinski definition) is 4. The van der Waals surface area contributed by atoms with Crippen LogP contribution in [0.2, 0.25) is 0 Å². The number of likely N-dealkylation sites (tertiary alicyclic amines) is 1. The minimum absolute atomic E-state index is 0.0266. The number of nitrogens with zero attached hydrogens (tertiary/aromatic N) is 1. The Kier molecular flexibility index (Phi) is 4.87. The Morgan fingerprint density at radius 1 is 1.40 bits per heavy atom. The highest BCUT2D eigenvalue weighted by atomic mass is 16.5. The number of aromatic nitrogens is 1. The first-order valence-corrected chi connectivity index (χ1v) is 10.6. The molecule has 2 bridgehead atoms. The maximum atomic E-state index is 13.3. The van der Waals surface area contributed by atoms with Crippen molar-refractivity contribution in [3.63, 3.8) is 0 Å². The van der Waals surface area contributed by atoms with Crippen molar-refractivity contribution in [2.75, 3.05) is 33.4 Å². The standard InChI is InChI=1S/C23H27N3O4/c1-29-12-4-10-24-21(27)19-18-7-9-23(30-18)14-26(22(28)20(19)23)11-8-15-13-25-17-6-3-2-5-16(15)17/h2-3,5-7,9,13,18-20,25H,4,8,10-12,14H2,1H3,(H,24,27)/t18-,19-,20-,23+/m1/s1. The van der Waals surface area contributed by atoms with E-state index < -0.39 is 17.4 Å². The first-order chi connectivity index (χ1) is 14.6. The third kappa shape index (κ3) is 3.04. The number of nitrogens with one attached hydrogen (secondary N) is 2. The Bertz CT molecular complexity index is 999. The number of ether oxygens (including phenoxy) is 2. The lowest BCUT2D eigenvalue weighted by Gasteiger charge is -2.23. The Labute approximate surface area is 175 Å². The zero-order valence-corrected chi connectivity index (χ0v) is 17.1. The summed E-state index contributed by atoms with van der Waals surface area (Å²) < 4.78 is 11.2. The topological polar surface area (TPSA) is 83.7 Å². The van der Waals surface area contributed by atoms with Crippen molar-refractivity contribution in [3.8, 4) is 0 Å². The Morgan fingerprint density at radius 3 is 3.13 bits per heavy atom. The highest BCUT2D eigenvalue weighted by Gasteiger charge is 2.66. The summed E-state index contributed by atoms with van der Waals surface area (Å²) in [6.07, 6.45) is 7.17. The van der Waals surface area contributed by atoms with Crippen LogP contribution in [0.15, 0.2) is 42.6 Å². The van der Waals surface area contributed by atoms with E-state index in [1.807, 2.05) is 35.4 Å². The molecule has 7 nitrogen and oxygen atoms in total. The fourth-order valence-electron chi connectivity index (χ4n) is 5.21. The molecule has 2 amide bonds. The molecule has 2 aromatic rings. The highest BCUT2D eigenvalue weighted by Crippen LogP contribution is 2.51. The third-order valence-electron chi connectivity index (χ3n) is 6.63. The molecule has 1 aromatic carbocycles. The molecule has 4 atom stereocenters. The zero-order chi connectivity index (χ0) is 20.7. The van der Waals surface area contributed by atoms with Crippen LogP contribution in [0.5, 0.6) is 0 Å². The number of benzene rings is 1. The van der Waals surface area contributed by atoms with E-state index >= 15 is 0 Å². The van der Waals surface area contributed by atoms with Crippen LogP contribution in [-0.2, 0) is 25.5 Å². The van der Waals surface area contributed by atoms with Crippen LogP contribution in [0.1, 0.15) is 12.0 Å². The lowest BCUT2D eigenvalue weighted by molar-refractivity contribution is -0.137. The van der Waals surface area contributed by atoms with Gasteiger partial charge < -0.3 is 24.7 Å². The van der Waals surface area contributed by atoms with Crippen molar-refractivity contribution in [2.24, 2.45) is 11.8 Å². The monoisotopic (exact) mass is 409 g/mol. The molecule has 3 aliphatic heterocycles. The minimum atomic E-state index is -0.656. The van der Waals surface area contributed by atoms with Gasteiger partial charge in [0.05, 0.1) is 24.5 Å². The number of rotatable bonds is 8. The molecule has 4 heterocycles. The maximum Gasteiger partial charge on any atom is 0.230 e. The average Bonchev–Trinajstić information content (AvgIpc) is 3.49. The fraction of sp³-hybridized carbons (Fsp3) is 0.478. The predicted molar refractivity (Wildman–Crippen MR) is 112 cm³/mol. The fourth-order valence-corrected chi connectivity index (χ4v) is 5.21. The molecular weight excluding hydrogens is 382 g/mol. The number of fused-ring (bicyclic) bond motifs is 2. The van der Waals surface area contributed by atoms with Gasteiger partial charge in [0.2, 0.25) is 11.8 Å². The van der Waals surface area contributed by atoms with Crippen molar-refractivity contribution in [2.45, 2.75) is 24.5 Å². The number of H-pyrrole nitrogens is 1. The van der Waals surface area contributed by atoms with Gasteiger partial charge in [0.1, 0.15) is 5.60 Å². The largest absolute Gasteiger partial charge is 0.385 e. The van der Waals surface area contributed by atoms with Crippen LogP contribution in [0.4, 0.5) is 0 Å². The Hall–Kier alpha value is -2.64. The molecule has 7 heteroatoms. The molecule has 2 N–H and O–H groups in total. The molecule has 0 saturated carbocycles. The van der Waals surface area contributed by atoms with E-state index in [9.17, 15) is 9.59 Å². The van der Waals surface area contributed by atoms with Gasteiger partial charge in [-0.05, 0) is 24.5 Å². The van der Waals surface area contributed by atoms with E-state index in [2.05, 4.69) is 22.4 Å². The smallest absolute Gasteiger partial charge is 0.230 e. The maximum absolute atomic E-state index is 13.3. The van der Waals surface area contributed by atoms with Gasteiger partial charge in [-0.15, -0.1) is 0 Å². The van der Waals surface area contributed by atoms with Crippen molar-refractivity contribution >= 4 is 22.7 Å². The molecular formula is C23H27N3O4. The van der Waals surface area contributed by atoms with E-state index in [4.69, 9.17) is 9.47 Å². The number of aromatic amines is 1. The number of amides is 2. The van der Waals surface area contributed by atoms with Gasteiger partial charge in [0.15, 0.2) is 0 Å². The van der Waals surface area contributed by atoms with Gasteiger partial charge in [-0.3, -0.25) is 9.59 Å². The Balaban J connectivity index is 1.27. The summed E-state index contributed by atoms with van der Waals surface area (Å²) in [5.41, 5.74) is 1.64. The summed E-state index contributed by atoms with van der Waals surface area (Å²) in [5.74, 6) is -0.959. The number of hydrogen-bond donors (Lipinski definition) is 2. The number of carbonyl (C=O) groups excluding carboxylic acids is 2. The van der Waals surface area contributed by atoms with Gasteiger partial charge in [0, 0.05) is 43.9 Å². The number of methoxy groups -OCH3 is 1. The molecule has 0 unspecified atom stereocenters. The van der Waals surface area contributed by atoms with Crippen LogP contribution >= 0.6 is 0 Å². The second-order valence-electron chi connectivity index (χ2n) is 8.41. The van der Waals surface area contributed by atoms with Crippen molar-refractivity contribution < 1.29 is 19.1 Å². The molecule has 3 aliphatic rings. The molecule has 2 fully saturated rings. The lowest BCUT2D eigenvalue weighted by Crippen LogP contribution is -2.44. The van der Waals surface area contributed by atoms with E-state index in [1.165, 1.54) is 10.9 Å². The normalized spacial score (nSPS) is 29.2. The first kappa shape index (κ1) is 19.3. The summed E-state index contributed by atoms with van der Waals surface area (Å²) in [5, 5.41) is 4.14. The average molecular weight is 409 g/mol. The lowest BCUT2D eigenvalue weighted by atomic mass is 9.77. The molecule has 0 radical (unpaired) electrons. The minimum Gasteiger partial charge on any atom is -0.385 e. The first-order valence-electron chi connectivity index (χ1n) is 10.6. The molecule has 0 aliphatic carbocycles. The van der Waals surface area contributed by atoms with Gasteiger partial charge in [-0.25, -0.2) is 0 Å². The molecule has 5 rings (SSSR count). The summed E-state index contributed by atoms with van der Waals surface area (Å²) >= 11 is 0. The Morgan fingerprint density at radius 2 is 2.27 bits per heavy atom. The summed E-state index contributed by atoms with van der Waals surface area (Å²) in [6, 6.07) is 8.18. The van der Waals surface area contributed by atoms with Crippen molar-refractivity contribution in [3.05, 3.63) is 48.2 Å². The van der Waals surface area contributed by atoms with Crippen LogP contribution in [0.3, 0.4) is 0 Å². The van der Waals surface area contributed by atoms with Gasteiger partial charge in [-0.1, -0.05) is 30.4 Å². The predicted octanol–water partition coefficient (Wildman–Crippen LogP) is 1.65. The van der Waals surface area contributed by atoms with Gasteiger partial charge in [0.25, 0.3) is 0 Å². The van der Waals surface area contributed by atoms with E-state index in [-0.39, 0.29) is 17.9 Å². The summed E-state index contributed by atoms with van der Waals surface area (Å²) in [4.78, 5) is 31.3. The van der Waals surface area contributed by atoms with E-state index in [0.717, 1.165) is 18.4 Å².